The highest BCUT2D eigenvalue weighted by Gasteiger charge is 1.90. The molecule has 0 aliphatic rings. The average Bonchev–Trinajstić information content (AvgIpc) is 2.10. The molecule has 0 spiro atoms. The third kappa shape index (κ3) is 29.2. The van der Waals surface area contributed by atoms with E-state index in [-0.39, 0.29) is 24.6 Å². The van der Waals surface area contributed by atoms with Gasteiger partial charge in [-0.05, 0) is 0 Å². The Labute approximate surface area is 103 Å². The summed E-state index contributed by atoms with van der Waals surface area (Å²) >= 11 is 0. The van der Waals surface area contributed by atoms with Crippen LogP contribution in [0, 0.1) is 0 Å². The van der Waals surface area contributed by atoms with Crippen LogP contribution in [0.2, 0.25) is 0 Å². The highest BCUT2D eigenvalue weighted by Crippen LogP contribution is 2.09. The molecular formula is C12H26N4. The van der Waals surface area contributed by atoms with Gasteiger partial charge in [0, 0.05) is 24.6 Å². The summed E-state index contributed by atoms with van der Waals surface area (Å²) in [4.78, 5) is 0. The summed E-state index contributed by atoms with van der Waals surface area (Å²) in [6.45, 7) is 4.56. The monoisotopic (exact) mass is 226 g/mol. The van der Waals surface area contributed by atoms with Crippen molar-refractivity contribution >= 4 is 0 Å². The molecule has 0 aromatic rings. The van der Waals surface area contributed by atoms with Crippen LogP contribution in [0.1, 0.15) is 78.1 Å². The summed E-state index contributed by atoms with van der Waals surface area (Å²) in [7, 11) is 0. The van der Waals surface area contributed by atoms with Gasteiger partial charge in [-0.3, -0.25) is 0 Å². The minimum absolute atomic E-state index is 0. The third-order valence-electron chi connectivity index (χ3n) is 2.46. The molecule has 0 N–H and O–H groups in total. The summed E-state index contributed by atoms with van der Waals surface area (Å²) in [5.74, 6) is 0. The Morgan fingerprint density at radius 2 is 0.562 bits per heavy atom. The van der Waals surface area contributed by atoms with Gasteiger partial charge in [-0.15, -0.1) is 0 Å². The summed E-state index contributed by atoms with van der Waals surface area (Å²) in [6, 6.07) is 0. The molecule has 0 aromatic heterocycles. The van der Waals surface area contributed by atoms with Gasteiger partial charge in [-0.2, -0.15) is 0 Å². The first-order valence-corrected chi connectivity index (χ1v) is 5.91. The van der Waals surface area contributed by atoms with Crippen LogP contribution in [0.5, 0.6) is 0 Å². The van der Waals surface area contributed by atoms with E-state index < -0.39 is 0 Å². The lowest BCUT2D eigenvalue weighted by Gasteiger charge is -1.99. The predicted octanol–water partition coefficient (Wildman–Crippen LogP) is 3.00. The Bertz CT molecular complexity index is 69.4. The van der Waals surface area contributed by atoms with Crippen molar-refractivity contribution in [2.24, 2.45) is 0 Å². The largest absolute Gasteiger partial charge is 0.0654 e. The zero-order valence-corrected chi connectivity index (χ0v) is 10.9. The first-order chi connectivity index (χ1) is 5.91. The van der Waals surface area contributed by atoms with Gasteiger partial charge in [-0.25, -0.2) is 0 Å². The first kappa shape index (κ1) is 29.7. The van der Waals surface area contributed by atoms with E-state index in [0.29, 0.717) is 0 Å². The normalized spacial score (nSPS) is 7.88. The van der Waals surface area contributed by atoms with Crippen molar-refractivity contribution in [3.63, 3.8) is 0 Å². The zero-order chi connectivity index (χ0) is 9.07. The maximum atomic E-state index is 2.28. The van der Waals surface area contributed by atoms with Gasteiger partial charge in [0.15, 0.2) is 0 Å². The van der Waals surface area contributed by atoms with Crippen molar-refractivity contribution in [1.29, 1.82) is 0 Å². The second-order valence-electron chi connectivity index (χ2n) is 3.83. The zero-order valence-electron chi connectivity index (χ0n) is 10.9. The van der Waals surface area contributed by atoms with Crippen molar-refractivity contribution in [1.82, 2.24) is 24.6 Å². The number of hydrogen-bond donors (Lipinski definition) is 0. The molecule has 0 fully saturated rings. The van der Waals surface area contributed by atoms with Crippen LogP contribution in [-0.2, 0) is 0 Å². The highest BCUT2D eigenvalue weighted by molar-refractivity contribution is 4.45. The van der Waals surface area contributed by atoms with Crippen LogP contribution in [0.3, 0.4) is 0 Å². The van der Waals surface area contributed by atoms with Gasteiger partial charge in [0.1, 0.15) is 0 Å². The molecule has 0 aliphatic carbocycles. The summed E-state index contributed by atoms with van der Waals surface area (Å²) < 4.78 is 0. The lowest BCUT2D eigenvalue weighted by atomic mass is 10.1. The number of nitrogens with zero attached hydrogens (tertiary/aromatic N) is 4. The van der Waals surface area contributed by atoms with Crippen LogP contribution >= 0.6 is 0 Å². The molecule has 16 heavy (non-hydrogen) atoms. The van der Waals surface area contributed by atoms with Gasteiger partial charge in [0.25, 0.3) is 0 Å². The lowest BCUT2D eigenvalue weighted by molar-refractivity contribution is 0.562. The first-order valence-electron chi connectivity index (χ1n) is 5.91. The fourth-order valence-electron chi connectivity index (χ4n) is 1.56. The van der Waals surface area contributed by atoms with E-state index in [9.17, 15) is 0 Å². The molecule has 4 nitrogen and oxygen atoms in total. The maximum absolute atomic E-state index is 2.28. The molecule has 4 heteroatoms. The SMILES string of the molecule is CCCCCCCCCCCC.[N].[N].[N].[N]. The molecule has 0 rings (SSSR count). The molecule has 12 radical (unpaired) electrons. The average molecular weight is 226 g/mol. The number of rotatable bonds is 9. The van der Waals surface area contributed by atoms with Crippen molar-refractivity contribution in [2.75, 3.05) is 0 Å². The van der Waals surface area contributed by atoms with Crippen molar-refractivity contribution in [3.8, 4) is 0 Å². The van der Waals surface area contributed by atoms with E-state index in [4.69, 9.17) is 0 Å². The standard InChI is InChI=1S/C12H26.4N/c1-3-5-7-9-11-12-10-8-6-4-2;;;;/h3-12H2,1-2H3;;;;. The Morgan fingerprint density at radius 1 is 0.375 bits per heavy atom. The number of hydrogen-bond acceptors (Lipinski definition) is 0. The Morgan fingerprint density at radius 3 is 0.750 bits per heavy atom. The second kappa shape index (κ2) is 29.4. The molecule has 0 bridgehead atoms. The third-order valence-corrected chi connectivity index (χ3v) is 2.46. The molecule has 0 saturated heterocycles. The van der Waals surface area contributed by atoms with Gasteiger partial charge in [-0.1, -0.05) is 78.1 Å². The fraction of sp³-hybridized carbons (Fsp3) is 1.00. The molecule has 0 saturated carbocycles. The van der Waals surface area contributed by atoms with E-state index in [1.165, 1.54) is 64.2 Å². The van der Waals surface area contributed by atoms with Crippen molar-refractivity contribution in [2.45, 2.75) is 78.1 Å². The van der Waals surface area contributed by atoms with Crippen molar-refractivity contribution in [3.05, 3.63) is 0 Å². The molecule has 0 aromatic carbocycles. The highest BCUT2D eigenvalue weighted by atomic mass is 14.0. The maximum Gasteiger partial charge on any atom is 0 e. The van der Waals surface area contributed by atoms with Gasteiger partial charge >= 0.3 is 0 Å². The molecule has 0 atom stereocenters. The van der Waals surface area contributed by atoms with E-state index in [0.717, 1.165) is 0 Å². The molecule has 0 unspecified atom stereocenters. The van der Waals surface area contributed by atoms with Crippen LogP contribution in [0.4, 0.5) is 0 Å². The Hall–Kier alpha value is -0.160. The van der Waals surface area contributed by atoms with E-state index >= 15 is 0 Å². The Kier molecular flexibility index (Phi) is 54.5. The molecular weight excluding hydrogens is 200 g/mol. The summed E-state index contributed by atoms with van der Waals surface area (Å²) in [6.07, 6.45) is 14.4. The van der Waals surface area contributed by atoms with E-state index in [2.05, 4.69) is 13.8 Å². The Balaban J connectivity index is -0.000000101. The predicted molar refractivity (Wildman–Crippen MR) is 66.1 cm³/mol. The smallest absolute Gasteiger partial charge is 0 e. The molecule has 0 aliphatic heterocycles. The van der Waals surface area contributed by atoms with Crippen LogP contribution < -0.4 is 24.6 Å². The topological polar surface area (TPSA) is 122 Å². The fourth-order valence-corrected chi connectivity index (χ4v) is 1.56. The lowest BCUT2D eigenvalue weighted by Crippen LogP contribution is -1.80. The van der Waals surface area contributed by atoms with Crippen LogP contribution in [-0.4, -0.2) is 0 Å². The molecule has 0 amide bonds. The van der Waals surface area contributed by atoms with E-state index in [1.54, 1.807) is 0 Å². The van der Waals surface area contributed by atoms with Crippen LogP contribution in [0.15, 0.2) is 0 Å². The minimum atomic E-state index is 0. The molecule has 94 valence electrons. The second-order valence-corrected chi connectivity index (χ2v) is 3.83. The molecule has 0 heterocycles. The van der Waals surface area contributed by atoms with E-state index in [1.807, 2.05) is 0 Å². The van der Waals surface area contributed by atoms with Crippen molar-refractivity contribution < 1.29 is 0 Å². The van der Waals surface area contributed by atoms with Crippen LogP contribution in [0.25, 0.3) is 0 Å². The summed E-state index contributed by atoms with van der Waals surface area (Å²) in [5, 5.41) is 0. The number of unbranched alkanes of at least 4 members (excludes halogenated alkanes) is 9. The van der Waals surface area contributed by atoms with Gasteiger partial charge in [0.2, 0.25) is 0 Å². The minimum Gasteiger partial charge on any atom is -0.0654 e. The summed E-state index contributed by atoms with van der Waals surface area (Å²) in [5.41, 5.74) is 0. The quantitative estimate of drug-likeness (QED) is 0.536. The van der Waals surface area contributed by atoms with Gasteiger partial charge in [0.05, 0.1) is 0 Å². The van der Waals surface area contributed by atoms with Gasteiger partial charge < -0.3 is 0 Å².